The van der Waals surface area contributed by atoms with E-state index in [1.165, 1.54) is 0 Å². The van der Waals surface area contributed by atoms with Crippen LogP contribution in [0.2, 0.25) is 5.02 Å². The standard InChI is InChI=1S/C23H30ClN7O2/c1-15-12-27-23(28-18-7-9-26-10-8-18)30-21(15)31(3)13-19(25-2)22(33)29-20(14-32)16-5-4-6-17(24)11-16/h4-6,11-13,18,20,26,32H,2,7-10,14H2,1,3H3,(H,29,33)(H,27,28,30)/b19-13-. The predicted molar refractivity (Wildman–Crippen MR) is 132 cm³/mol. The fourth-order valence-electron chi connectivity index (χ4n) is 3.61. The third-order valence-electron chi connectivity index (χ3n) is 5.41. The van der Waals surface area contributed by atoms with Crippen LogP contribution in [0.4, 0.5) is 11.8 Å². The van der Waals surface area contributed by atoms with Gasteiger partial charge in [0.2, 0.25) is 5.95 Å². The molecular weight excluding hydrogens is 442 g/mol. The molecule has 9 nitrogen and oxygen atoms in total. The number of aliphatic hydroxyl groups is 1. The molecule has 1 saturated heterocycles. The Hall–Kier alpha value is -3.01. The normalized spacial score (nSPS) is 15.6. The number of halogens is 1. The topological polar surface area (TPSA) is 115 Å². The van der Waals surface area contributed by atoms with E-state index in [4.69, 9.17) is 11.6 Å². The summed E-state index contributed by atoms with van der Waals surface area (Å²) in [7, 11) is 1.78. The second-order valence-electron chi connectivity index (χ2n) is 7.92. The van der Waals surface area contributed by atoms with Gasteiger partial charge in [-0.1, -0.05) is 23.7 Å². The second kappa shape index (κ2) is 11.7. The molecule has 0 saturated carbocycles. The molecule has 33 heavy (non-hydrogen) atoms. The van der Waals surface area contributed by atoms with Gasteiger partial charge in [-0.2, -0.15) is 4.98 Å². The molecule has 1 aliphatic heterocycles. The van der Waals surface area contributed by atoms with Crippen LogP contribution in [-0.4, -0.2) is 60.5 Å². The van der Waals surface area contributed by atoms with Crippen LogP contribution < -0.4 is 20.9 Å². The van der Waals surface area contributed by atoms with E-state index in [-0.39, 0.29) is 12.3 Å². The fraction of sp³-hybridized carbons (Fsp3) is 0.391. The number of hydrogen-bond acceptors (Lipinski definition) is 8. The van der Waals surface area contributed by atoms with Gasteiger partial charge in [-0.25, -0.2) is 4.98 Å². The summed E-state index contributed by atoms with van der Waals surface area (Å²) in [5.74, 6) is 0.709. The molecule has 0 bridgehead atoms. The number of aliphatic imine (C=N–C) groups is 1. The Balaban J connectivity index is 1.74. The van der Waals surface area contributed by atoms with Crippen LogP contribution in [-0.2, 0) is 4.79 Å². The zero-order valence-corrected chi connectivity index (χ0v) is 19.6. The van der Waals surface area contributed by atoms with Gasteiger partial charge < -0.3 is 26.0 Å². The Kier molecular flexibility index (Phi) is 8.76. The van der Waals surface area contributed by atoms with Crippen LogP contribution >= 0.6 is 11.6 Å². The summed E-state index contributed by atoms with van der Waals surface area (Å²) < 4.78 is 0. The lowest BCUT2D eigenvalue weighted by atomic mass is 10.1. The van der Waals surface area contributed by atoms with Gasteiger partial charge in [-0.05, 0) is 57.3 Å². The number of aryl methyl sites for hydroxylation is 1. The molecule has 0 radical (unpaired) electrons. The molecule has 1 fully saturated rings. The molecule has 3 rings (SSSR count). The third kappa shape index (κ3) is 6.74. The fourth-order valence-corrected chi connectivity index (χ4v) is 3.81. The molecule has 4 N–H and O–H groups in total. The van der Waals surface area contributed by atoms with Gasteiger partial charge in [0, 0.05) is 36.1 Å². The number of carbonyl (C=O) groups excluding carboxylic acids is 1. The number of piperidine rings is 1. The second-order valence-corrected chi connectivity index (χ2v) is 8.35. The van der Waals surface area contributed by atoms with Crippen molar-refractivity contribution >= 4 is 36.0 Å². The lowest BCUT2D eigenvalue weighted by molar-refractivity contribution is -0.118. The van der Waals surface area contributed by atoms with Gasteiger partial charge in [0.1, 0.15) is 11.5 Å². The van der Waals surface area contributed by atoms with E-state index in [1.807, 2.05) is 6.92 Å². The molecule has 0 aliphatic carbocycles. The van der Waals surface area contributed by atoms with Crippen LogP contribution in [0.5, 0.6) is 0 Å². The number of aliphatic hydroxyl groups excluding tert-OH is 1. The van der Waals surface area contributed by atoms with Gasteiger partial charge in [-0.15, -0.1) is 0 Å². The van der Waals surface area contributed by atoms with Gasteiger partial charge in [0.05, 0.1) is 12.6 Å². The van der Waals surface area contributed by atoms with Crippen molar-refractivity contribution in [3.05, 3.63) is 58.5 Å². The minimum Gasteiger partial charge on any atom is -0.394 e. The van der Waals surface area contributed by atoms with Crippen molar-refractivity contribution in [3.8, 4) is 0 Å². The minimum absolute atomic E-state index is 0.0869. The first-order chi connectivity index (χ1) is 15.9. The van der Waals surface area contributed by atoms with Crippen molar-refractivity contribution in [1.29, 1.82) is 0 Å². The number of nitrogens with one attached hydrogen (secondary N) is 3. The number of anilines is 2. The molecule has 1 aromatic carbocycles. The van der Waals surface area contributed by atoms with Gasteiger partial charge in [0.25, 0.3) is 5.91 Å². The van der Waals surface area contributed by atoms with Crippen molar-refractivity contribution in [1.82, 2.24) is 20.6 Å². The Morgan fingerprint density at radius 1 is 1.45 bits per heavy atom. The lowest BCUT2D eigenvalue weighted by Gasteiger charge is -2.24. The quantitative estimate of drug-likeness (QED) is 0.328. The van der Waals surface area contributed by atoms with E-state index in [9.17, 15) is 9.90 Å². The third-order valence-corrected chi connectivity index (χ3v) is 5.64. The van der Waals surface area contributed by atoms with Crippen molar-refractivity contribution in [3.63, 3.8) is 0 Å². The van der Waals surface area contributed by atoms with Crippen molar-refractivity contribution in [2.75, 3.05) is 37.0 Å². The molecule has 1 atom stereocenters. The summed E-state index contributed by atoms with van der Waals surface area (Å²) >= 11 is 6.04. The maximum atomic E-state index is 12.8. The van der Waals surface area contributed by atoms with Crippen LogP contribution in [0.25, 0.3) is 0 Å². The highest BCUT2D eigenvalue weighted by atomic mass is 35.5. The van der Waals surface area contributed by atoms with E-state index >= 15 is 0 Å². The summed E-state index contributed by atoms with van der Waals surface area (Å²) in [5, 5.41) is 19.8. The molecular formula is C23H30ClN7O2. The van der Waals surface area contributed by atoms with Crippen molar-refractivity contribution in [2.24, 2.45) is 4.99 Å². The summed E-state index contributed by atoms with van der Waals surface area (Å²) in [6, 6.07) is 6.65. The van der Waals surface area contributed by atoms with Crippen LogP contribution in [0.1, 0.15) is 30.0 Å². The van der Waals surface area contributed by atoms with Crippen LogP contribution in [0, 0.1) is 6.92 Å². The van der Waals surface area contributed by atoms with Gasteiger partial charge in [0.15, 0.2) is 0 Å². The van der Waals surface area contributed by atoms with Crippen LogP contribution in [0.3, 0.4) is 0 Å². The average Bonchev–Trinajstić information content (AvgIpc) is 2.82. The van der Waals surface area contributed by atoms with E-state index in [1.54, 1.807) is 48.6 Å². The minimum atomic E-state index is -0.631. The van der Waals surface area contributed by atoms with Crippen molar-refractivity contribution in [2.45, 2.75) is 31.8 Å². The highest BCUT2D eigenvalue weighted by Gasteiger charge is 2.19. The Labute approximate surface area is 199 Å². The van der Waals surface area contributed by atoms with E-state index in [2.05, 4.69) is 37.6 Å². The van der Waals surface area contributed by atoms with Crippen molar-refractivity contribution < 1.29 is 9.90 Å². The molecule has 176 valence electrons. The Bertz CT molecular complexity index is 1010. The molecule has 1 unspecified atom stereocenters. The van der Waals surface area contributed by atoms with Crippen LogP contribution in [0.15, 0.2) is 47.4 Å². The smallest absolute Gasteiger partial charge is 0.271 e. The first-order valence-corrected chi connectivity index (χ1v) is 11.2. The number of benzene rings is 1. The first kappa shape index (κ1) is 24.6. The maximum Gasteiger partial charge on any atom is 0.271 e. The zero-order chi connectivity index (χ0) is 23.8. The van der Waals surface area contributed by atoms with E-state index in [0.29, 0.717) is 28.4 Å². The predicted octanol–water partition coefficient (Wildman–Crippen LogP) is 2.43. The van der Waals surface area contributed by atoms with E-state index < -0.39 is 11.9 Å². The number of nitrogens with zero attached hydrogens (tertiary/aromatic N) is 4. The summed E-state index contributed by atoms with van der Waals surface area (Å²) in [4.78, 5) is 27.5. The number of aromatic nitrogens is 2. The molecule has 1 aromatic heterocycles. The molecule has 10 heteroatoms. The number of rotatable bonds is 9. The molecule has 1 aliphatic rings. The Morgan fingerprint density at radius 2 is 2.21 bits per heavy atom. The largest absolute Gasteiger partial charge is 0.394 e. The maximum absolute atomic E-state index is 12.8. The van der Waals surface area contributed by atoms with E-state index in [0.717, 1.165) is 31.5 Å². The molecule has 2 aromatic rings. The zero-order valence-electron chi connectivity index (χ0n) is 18.9. The lowest BCUT2D eigenvalue weighted by Crippen LogP contribution is -2.35. The summed E-state index contributed by atoms with van der Waals surface area (Å²) in [6.07, 6.45) is 5.31. The average molecular weight is 472 g/mol. The number of amides is 1. The molecule has 2 heterocycles. The van der Waals surface area contributed by atoms with Gasteiger partial charge in [-0.3, -0.25) is 9.79 Å². The van der Waals surface area contributed by atoms with Gasteiger partial charge >= 0.3 is 0 Å². The monoisotopic (exact) mass is 471 g/mol. The highest BCUT2D eigenvalue weighted by Crippen LogP contribution is 2.21. The molecule has 0 spiro atoms. The SMILES string of the molecule is C=N/C(=C\N(C)c1nc(NC2CCNCC2)ncc1C)C(=O)NC(CO)c1cccc(Cl)c1. The summed E-state index contributed by atoms with van der Waals surface area (Å²) in [5.41, 5.74) is 1.62. The number of hydrogen-bond donors (Lipinski definition) is 4. The number of carbonyl (C=O) groups is 1. The Morgan fingerprint density at radius 3 is 2.88 bits per heavy atom. The summed E-state index contributed by atoms with van der Waals surface area (Å²) in [6.45, 7) is 7.07. The molecule has 1 amide bonds. The highest BCUT2D eigenvalue weighted by molar-refractivity contribution is 6.30. The first-order valence-electron chi connectivity index (χ1n) is 10.8.